The molecule has 26 heavy (non-hydrogen) atoms. The van der Waals surface area contributed by atoms with Gasteiger partial charge in [-0.2, -0.15) is 0 Å². The van der Waals surface area contributed by atoms with Crippen molar-refractivity contribution in [3.8, 4) is 0 Å². The number of hydrogen-bond acceptors (Lipinski definition) is 4. The smallest absolute Gasteiger partial charge is 0.222 e. The highest BCUT2D eigenvalue weighted by atomic mass is 16.5. The maximum absolute atomic E-state index is 12.0. The highest BCUT2D eigenvalue weighted by Crippen LogP contribution is 2.14. The maximum Gasteiger partial charge on any atom is 0.222 e. The minimum atomic E-state index is 0.300. The van der Waals surface area contributed by atoms with Gasteiger partial charge in [-0.1, -0.05) is 25.4 Å². The van der Waals surface area contributed by atoms with Crippen molar-refractivity contribution in [2.24, 2.45) is 4.99 Å². The summed E-state index contributed by atoms with van der Waals surface area (Å²) in [5.41, 5.74) is 0.954. The minimum absolute atomic E-state index is 0.300. The summed E-state index contributed by atoms with van der Waals surface area (Å²) in [5, 5.41) is 10.6. The summed E-state index contributed by atoms with van der Waals surface area (Å²) < 4.78 is 5.33. The van der Waals surface area contributed by atoms with Gasteiger partial charge in [0, 0.05) is 38.7 Å². The van der Waals surface area contributed by atoms with E-state index >= 15 is 0 Å². The number of aliphatic imine (C=N–C) groups is 1. The third-order valence-electron chi connectivity index (χ3n) is 4.47. The number of likely N-dealkylation sites (tertiary alicyclic amines) is 1. The molecule has 0 bridgehead atoms. The molecule has 2 rings (SSSR count). The second-order valence-electron chi connectivity index (χ2n) is 7.04. The highest BCUT2D eigenvalue weighted by Gasteiger charge is 2.15. The molecule has 1 fully saturated rings. The summed E-state index contributed by atoms with van der Waals surface area (Å²) in [6.45, 7) is 9.96. The lowest BCUT2D eigenvalue weighted by atomic mass is 10.1. The van der Waals surface area contributed by atoms with Crippen LogP contribution in [0.1, 0.15) is 70.2 Å². The van der Waals surface area contributed by atoms with Crippen LogP contribution in [0, 0.1) is 0 Å². The van der Waals surface area contributed by atoms with Crippen molar-refractivity contribution in [1.82, 2.24) is 20.7 Å². The summed E-state index contributed by atoms with van der Waals surface area (Å²) in [6, 6.07) is 1.96. The van der Waals surface area contributed by atoms with Crippen molar-refractivity contribution in [2.75, 3.05) is 26.2 Å². The van der Waals surface area contributed by atoms with Gasteiger partial charge < -0.3 is 20.1 Å². The van der Waals surface area contributed by atoms with Crippen LogP contribution in [-0.4, -0.2) is 48.1 Å². The maximum atomic E-state index is 12.0. The van der Waals surface area contributed by atoms with Crippen molar-refractivity contribution < 1.29 is 9.32 Å². The Morgan fingerprint density at radius 1 is 1.35 bits per heavy atom. The van der Waals surface area contributed by atoms with Crippen molar-refractivity contribution in [3.63, 3.8) is 0 Å². The van der Waals surface area contributed by atoms with E-state index in [-0.39, 0.29) is 0 Å². The van der Waals surface area contributed by atoms with Gasteiger partial charge in [-0.3, -0.25) is 4.79 Å². The van der Waals surface area contributed by atoms with Crippen LogP contribution in [-0.2, 0) is 11.3 Å². The molecule has 0 aliphatic carbocycles. The van der Waals surface area contributed by atoms with Gasteiger partial charge in [0.1, 0.15) is 6.54 Å². The molecule has 0 aromatic carbocycles. The van der Waals surface area contributed by atoms with Crippen LogP contribution in [0.2, 0.25) is 0 Å². The van der Waals surface area contributed by atoms with Crippen LogP contribution in [0.3, 0.4) is 0 Å². The lowest BCUT2D eigenvalue weighted by molar-refractivity contribution is -0.130. The second kappa shape index (κ2) is 10.8. The number of nitrogens with zero attached hydrogens (tertiary/aromatic N) is 3. The number of carbonyl (C=O) groups is 1. The minimum Gasteiger partial charge on any atom is -0.359 e. The molecule has 1 amide bonds. The predicted molar refractivity (Wildman–Crippen MR) is 103 cm³/mol. The van der Waals surface area contributed by atoms with Gasteiger partial charge >= 0.3 is 0 Å². The lowest BCUT2D eigenvalue weighted by Gasteiger charge is -2.20. The molecule has 0 unspecified atom stereocenters. The van der Waals surface area contributed by atoms with E-state index in [0.717, 1.165) is 69.3 Å². The quantitative estimate of drug-likeness (QED) is 0.421. The molecule has 146 valence electrons. The van der Waals surface area contributed by atoms with Crippen LogP contribution >= 0.6 is 0 Å². The number of carbonyl (C=O) groups excluding carboxylic acids is 1. The first-order valence-electron chi connectivity index (χ1n) is 9.85. The van der Waals surface area contributed by atoms with E-state index in [1.807, 2.05) is 17.9 Å². The monoisotopic (exact) mass is 363 g/mol. The van der Waals surface area contributed by atoms with Crippen molar-refractivity contribution in [3.05, 3.63) is 17.5 Å². The molecule has 2 heterocycles. The first-order valence-corrected chi connectivity index (χ1v) is 9.85. The Bertz CT molecular complexity index is 582. The lowest BCUT2D eigenvalue weighted by Crippen LogP contribution is -2.39. The Balaban J connectivity index is 1.76. The standard InChI is InChI=1S/C19H33N5O2/c1-4-20-19(22-14-16-13-17(15(2)3)23-26-16)21-10-8-12-24-11-7-5-6-9-18(24)25/h13,15H,4-12,14H2,1-3H3,(H2,20,21,22). The Morgan fingerprint density at radius 3 is 2.92 bits per heavy atom. The van der Waals surface area contributed by atoms with Crippen LogP contribution < -0.4 is 10.6 Å². The van der Waals surface area contributed by atoms with E-state index in [1.54, 1.807) is 0 Å². The average molecular weight is 364 g/mol. The molecule has 1 aromatic heterocycles. The van der Waals surface area contributed by atoms with Gasteiger partial charge in [-0.25, -0.2) is 4.99 Å². The molecular formula is C19H33N5O2. The molecule has 0 atom stereocenters. The predicted octanol–water partition coefficient (Wildman–Crippen LogP) is 2.65. The first-order chi connectivity index (χ1) is 12.6. The SMILES string of the molecule is CCNC(=NCc1cc(C(C)C)no1)NCCCN1CCCCCC1=O. The largest absolute Gasteiger partial charge is 0.359 e. The van der Waals surface area contributed by atoms with Gasteiger partial charge in [-0.15, -0.1) is 0 Å². The number of guanidine groups is 1. The summed E-state index contributed by atoms with van der Waals surface area (Å²) in [7, 11) is 0. The molecule has 1 saturated heterocycles. The first kappa shape index (κ1) is 20.3. The van der Waals surface area contributed by atoms with E-state index in [0.29, 0.717) is 24.8 Å². The van der Waals surface area contributed by atoms with E-state index < -0.39 is 0 Å². The molecule has 0 radical (unpaired) electrons. The molecule has 2 N–H and O–H groups in total. The third-order valence-corrected chi connectivity index (χ3v) is 4.47. The Kier molecular flexibility index (Phi) is 8.44. The van der Waals surface area contributed by atoms with Gasteiger partial charge in [0.2, 0.25) is 5.91 Å². The third kappa shape index (κ3) is 6.69. The average Bonchev–Trinajstić information content (AvgIpc) is 3.01. The molecular weight excluding hydrogens is 330 g/mol. The van der Waals surface area contributed by atoms with Crippen LogP contribution in [0.25, 0.3) is 0 Å². The fourth-order valence-electron chi connectivity index (χ4n) is 2.93. The molecule has 1 aliphatic heterocycles. The zero-order chi connectivity index (χ0) is 18.8. The number of rotatable bonds is 8. The number of nitrogens with one attached hydrogen (secondary N) is 2. The van der Waals surface area contributed by atoms with Gasteiger partial charge in [0.25, 0.3) is 0 Å². The van der Waals surface area contributed by atoms with Crippen LogP contribution in [0.5, 0.6) is 0 Å². The zero-order valence-electron chi connectivity index (χ0n) is 16.4. The molecule has 0 saturated carbocycles. The Morgan fingerprint density at radius 2 is 2.19 bits per heavy atom. The topological polar surface area (TPSA) is 82.8 Å². The summed E-state index contributed by atoms with van der Waals surface area (Å²) >= 11 is 0. The highest BCUT2D eigenvalue weighted by molar-refractivity contribution is 5.79. The van der Waals surface area contributed by atoms with E-state index in [1.165, 1.54) is 0 Å². The summed E-state index contributed by atoms with van der Waals surface area (Å²) in [4.78, 5) is 18.6. The molecule has 0 spiro atoms. The number of amides is 1. The molecule has 1 aliphatic rings. The molecule has 1 aromatic rings. The molecule has 7 nitrogen and oxygen atoms in total. The van der Waals surface area contributed by atoms with E-state index in [2.05, 4.69) is 34.6 Å². The number of aromatic nitrogens is 1. The van der Waals surface area contributed by atoms with E-state index in [9.17, 15) is 4.79 Å². The van der Waals surface area contributed by atoms with Crippen LogP contribution in [0.15, 0.2) is 15.6 Å². The van der Waals surface area contributed by atoms with Crippen LogP contribution in [0.4, 0.5) is 0 Å². The zero-order valence-corrected chi connectivity index (χ0v) is 16.4. The van der Waals surface area contributed by atoms with Gasteiger partial charge in [0.05, 0.1) is 5.69 Å². The van der Waals surface area contributed by atoms with Crippen molar-refractivity contribution in [2.45, 2.75) is 65.3 Å². The fraction of sp³-hybridized carbons (Fsp3) is 0.737. The summed E-state index contributed by atoms with van der Waals surface area (Å²) in [6.07, 6.45) is 4.94. The normalized spacial score (nSPS) is 16.1. The Labute approximate surface area is 156 Å². The number of hydrogen-bond donors (Lipinski definition) is 2. The summed E-state index contributed by atoms with van der Waals surface area (Å²) in [5.74, 6) is 2.18. The van der Waals surface area contributed by atoms with Crippen molar-refractivity contribution >= 4 is 11.9 Å². The fourth-order valence-corrected chi connectivity index (χ4v) is 2.93. The molecule has 7 heteroatoms. The van der Waals surface area contributed by atoms with E-state index in [4.69, 9.17) is 4.52 Å². The Hall–Kier alpha value is -2.05. The van der Waals surface area contributed by atoms with Gasteiger partial charge in [0.15, 0.2) is 11.7 Å². The second-order valence-corrected chi connectivity index (χ2v) is 7.04. The van der Waals surface area contributed by atoms with Crippen molar-refractivity contribution in [1.29, 1.82) is 0 Å². The van der Waals surface area contributed by atoms with Gasteiger partial charge in [-0.05, 0) is 32.1 Å².